The van der Waals surface area contributed by atoms with Crippen molar-refractivity contribution in [2.75, 3.05) is 13.2 Å². The highest BCUT2D eigenvalue weighted by molar-refractivity contribution is 7.97. The van der Waals surface area contributed by atoms with Crippen molar-refractivity contribution in [1.82, 2.24) is 0 Å². The largest absolute Gasteiger partial charge is 0.492 e. The van der Waals surface area contributed by atoms with E-state index in [1.54, 1.807) is 0 Å². The van der Waals surface area contributed by atoms with Crippen LogP contribution >= 0.6 is 0 Å². The van der Waals surface area contributed by atoms with Crippen LogP contribution in [0.5, 0.6) is 17.2 Å². The molecule has 0 spiro atoms. The maximum atomic E-state index is 14.1. The first kappa shape index (κ1) is 46.5. The molecule has 0 aliphatic carbocycles. The van der Waals surface area contributed by atoms with Gasteiger partial charge in [-0.1, -0.05) is 18.2 Å². The Kier molecular flexibility index (Phi) is 12.8. The number of alkyl halides is 17. The molecule has 7 nitrogen and oxygen atoms in total. The number of hydrogen-bond donors (Lipinski definition) is 2. The average Bonchev–Trinajstić information content (AvgIpc) is 3.01. The van der Waals surface area contributed by atoms with E-state index in [4.69, 9.17) is 9.29 Å². The summed E-state index contributed by atoms with van der Waals surface area (Å²) in [5, 5.41) is 3.98. The van der Waals surface area contributed by atoms with Gasteiger partial charge in [-0.05, 0) is 49.4 Å². The molecule has 56 heavy (non-hydrogen) atoms. The minimum absolute atomic E-state index is 0.0959. The Hall–Kier alpha value is -3.91. The number of benzene rings is 3. The lowest BCUT2D eigenvalue weighted by Crippen LogP contribution is -2.62. The van der Waals surface area contributed by atoms with Crippen molar-refractivity contribution in [3.63, 3.8) is 0 Å². The van der Waals surface area contributed by atoms with Crippen LogP contribution in [-0.4, -0.2) is 79.1 Å². The summed E-state index contributed by atoms with van der Waals surface area (Å²) in [7, 11) is -8.58. The summed E-state index contributed by atoms with van der Waals surface area (Å²) in [4.78, 5) is -0.464. The van der Waals surface area contributed by atoms with E-state index in [-0.39, 0.29) is 16.7 Å². The molecule has 0 bridgehead atoms. The summed E-state index contributed by atoms with van der Waals surface area (Å²) in [6.07, 6.45) is -37.3. The van der Waals surface area contributed by atoms with Crippen molar-refractivity contribution >= 4 is 21.0 Å². The highest BCUT2D eigenvalue weighted by Crippen LogP contribution is 2.59. The van der Waals surface area contributed by atoms with Gasteiger partial charge < -0.3 is 19.3 Å². The zero-order valence-electron chi connectivity index (χ0n) is 27.1. The van der Waals surface area contributed by atoms with Crippen LogP contribution in [0.4, 0.5) is 74.6 Å². The van der Waals surface area contributed by atoms with Crippen molar-refractivity contribution in [3.05, 3.63) is 72.8 Å². The SMILES string of the molecule is CC(O)(COc1cc(OCC(C(F)(F)F)(C(F)(F)F)C(F)(F)F)ccc1[S+](c1ccccc1)c1ccc(OC(C(F)(F)F)C(F)(F)S(=O)(=O)O)cc1)C(F)(F)F. The Morgan fingerprint density at radius 1 is 0.625 bits per heavy atom. The van der Waals surface area contributed by atoms with Crippen molar-refractivity contribution in [2.45, 2.75) is 69.5 Å². The number of aliphatic hydroxyl groups is 1. The first-order valence-corrected chi connectivity index (χ1v) is 17.1. The van der Waals surface area contributed by atoms with Gasteiger partial charge >= 0.3 is 46.3 Å². The summed E-state index contributed by atoms with van der Waals surface area (Å²) in [5.74, 6) is -3.35. The van der Waals surface area contributed by atoms with Gasteiger partial charge in [0.15, 0.2) is 21.1 Å². The molecule has 3 atom stereocenters. The Morgan fingerprint density at radius 2 is 1.09 bits per heavy atom. The first-order chi connectivity index (χ1) is 25.1. The monoisotopic (exact) mass is 881 g/mol. The van der Waals surface area contributed by atoms with Crippen LogP contribution in [-0.2, 0) is 21.0 Å². The van der Waals surface area contributed by atoms with Crippen LogP contribution in [0.1, 0.15) is 6.92 Å². The lowest BCUT2D eigenvalue weighted by atomic mass is 9.86. The molecule has 3 aromatic rings. The molecule has 314 valence electrons. The number of halogens is 17. The second-order valence-electron chi connectivity index (χ2n) is 11.5. The van der Waals surface area contributed by atoms with Gasteiger partial charge in [0.1, 0.15) is 35.6 Å². The third-order valence-corrected chi connectivity index (χ3v) is 10.6. The lowest BCUT2D eigenvalue weighted by molar-refractivity contribution is -0.431. The summed E-state index contributed by atoms with van der Waals surface area (Å²) in [6, 6.07) is 10.9. The van der Waals surface area contributed by atoms with E-state index in [9.17, 15) is 88.2 Å². The molecular formula is C30H22F17O7S2+. The van der Waals surface area contributed by atoms with Crippen LogP contribution in [0.3, 0.4) is 0 Å². The molecule has 0 amide bonds. The normalized spacial score (nSPS) is 16.1. The van der Waals surface area contributed by atoms with Gasteiger partial charge in [0.25, 0.3) is 11.5 Å². The molecule has 0 radical (unpaired) electrons. The zero-order valence-corrected chi connectivity index (χ0v) is 28.7. The molecule has 0 heterocycles. The quantitative estimate of drug-likeness (QED) is 0.100. The molecule has 3 aromatic carbocycles. The van der Waals surface area contributed by atoms with Gasteiger partial charge in [0.05, 0.1) is 0 Å². The minimum atomic E-state index is -7.06. The molecule has 0 saturated carbocycles. The Balaban J connectivity index is 2.22. The highest BCUT2D eigenvalue weighted by atomic mass is 32.2. The number of hydrogen-bond acceptors (Lipinski definition) is 6. The van der Waals surface area contributed by atoms with Gasteiger partial charge in [0.2, 0.25) is 4.90 Å². The van der Waals surface area contributed by atoms with Gasteiger partial charge in [-0.2, -0.15) is 83.1 Å². The highest BCUT2D eigenvalue weighted by Gasteiger charge is 2.84. The van der Waals surface area contributed by atoms with Gasteiger partial charge in [-0.15, -0.1) is 0 Å². The standard InChI is InChI=1S/C30H21F17O7S2/c1-23(48,27(36,37)38)14-53-20-13-17(52-15-24(28(39,40)41,29(42,43)44)30(45,46)47)9-12-21(20)55(18-5-3-2-4-6-18)19-10-7-16(8-11-19)54-22(25(31,32)33)26(34,35)56(49,50)51/h2-13,22,48H,14-15H2,1H3/p+1. The molecule has 3 unspecified atom stereocenters. The predicted molar refractivity (Wildman–Crippen MR) is 157 cm³/mol. The van der Waals surface area contributed by atoms with Crippen molar-refractivity contribution in [3.8, 4) is 17.2 Å². The molecule has 3 rings (SSSR count). The van der Waals surface area contributed by atoms with E-state index in [1.165, 1.54) is 30.3 Å². The average molecular weight is 882 g/mol. The number of rotatable bonds is 13. The van der Waals surface area contributed by atoms with Gasteiger partial charge in [0, 0.05) is 12.1 Å². The fourth-order valence-electron chi connectivity index (χ4n) is 4.28. The fraction of sp³-hybridized carbons (Fsp3) is 0.400. The zero-order chi connectivity index (χ0) is 43.1. The van der Waals surface area contributed by atoms with E-state index in [2.05, 4.69) is 9.47 Å². The Morgan fingerprint density at radius 3 is 1.52 bits per heavy atom. The topological polar surface area (TPSA) is 102 Å². The summed E-state index contributed by atoms with van der Waals surface area (Å²) < 4.78 is 275. The molecule has 0 aliphatic rings. The Bertz CT molecular complexity index is 1870. The van der Waals surface area contributed by atoms with Crippen molar-refractivity contribution in [2.24, 2.45) is 5.41 Å². The third kappa shape index (κ3) is 9.61. The number of ether oxygens (including phenoxy) is 3. The van der Waals surface area contributed by atoms with Crippen molar-refractivity contribution in [1.29, 1.82) is 0 Å². The molecule has 0 aromatic heterocycles. The smallest absolute Gasteiger partial charge is 0.432 e. The van der Waals surface area contributed by atoms with Crippen LogP contribution in [0.2, 0.25) is 0 Å². The maximum absolute atomic E-state index is 14.1. The summed E-state index contributed by atoms with van der Waals surface area (Å²) in [6.45, 7) is -4.79. The molecule has 0 aliphatic heterocycles. The Labute approximate surface area is 306 Å². The van der Waals surface area contributed by atoms with Gasteiger partial charge in [-0.25, -0.2) is 0 Å². The molecular weight excluding hydrogens is 859 g/mol. The fourth-order valence-corrected chi connectivity index (χ4v) is 6.87. The maximum Gasteiger partial charge on any atom is 0.432 e. The van der Waals surface area contributed by atoms with E-state index in [0.717, 1.165) is 12.1 Å². The first-order valence-electron chi connectivity index (χ1n) is 14.4. The van der Waals surface area contributed by atoms with Crippen LogP contribution < -0.4 is 14.2 Å². The molecule has 0 fully saturated rings. The predicted octanol–water partition coefficient (Wildman–Crippen LogP) is 9.32. The van der Waals surface area contributed by atoms with Crippen LogP contribution in [0, 0.1) is 5.41 Å². The minimum Gasteiger partial charge on any atom is -0.492 e. The molecule has 2 N–H and O–H groups in total. The second-order valence-corrected chi connectivity index (χ2v) is 15.0. The van der Waals surface area contributed by atoms with Crippen LogP contribution in [0.15, 0.2) is 87.5 Å². The third-order valence-electron chi connectivity index (χ3n) is 7.40. The van der Waals surface area contributed by atoms with Gasteiger partial charge in [-0.3, -0.25) is 4.55 Å². The summed E-state index contributed by atoms with van der Waals surface area (Å²) in [5.41, 5.74) is -10.2. The van der Waals surface area contributed by atoms with E-state index in [0.29, 0.717) is 30.3 Å². The van der Waals surface area contributed by atoms with Crippen molar-refractivity contribution < 1.29 is 107 Å². The second kappa shape index (κ2) is 15.4. The van der Waals surface area contributed by atoms with E-state index < -0.39 is 110 Å². The van der Waals surface area contributed by atoms with E-state index in [1.807, 2.05) is 0 Å². The summed E-state index contributed by atoms with van der Waals surface area (Å²) >= 11 is 0. The molecule has 0 saturated heterocycles. The lowest BCUT2D eigenvalue weighted by Gasteiger charge is -2.38. The van der Waals surface area contributed by atoms with E-state index >= 15 is 0 Å². The molecule has 26 heteroatoms. The van der Waals surface area contributed by atoms with Crippen LogP contribution in [0.25, 0.3) is 0 Å².